The largest absolute Gasteiger partial charge is 0.454 e. The molecule has 0 bridgehead atoms. The highest BCUT2D eigenvalue weighted by molar-refractivity contribution is 14.0. The van der Waals surface area contributed by atoms with Crippen molar-refractivity contribution in [2.24, 2.45) is 4.99 Å². The number of fused-ring (bicyclic) bond motifs is 1. The smallest absolute Gasteiger partial charge is 0.231 e. The van der Waals surface area contributed by atoms with Crippen molar-refractivity contribution in [3.63, 3.8) is 0 Å². The fraction of sp³-hybridized carbons (Fsp3) is 0.588. The summed E-state index contributed by atoms with van der Waals surface area (Å²) in [5, 5.41) is 7.18. The van der Waals surface area contributed by atoms with Crippen molar-refractivity contribution in [2.75, 3.05) is 26.5 Å². The van der Waals surface area contributed by atoms with Gasteiger partial charge < -0.3 is 24.8 Å². The summed E-state index contributed by atoms with van der Waals surface area (Å²) in [4.78, 5) is 4.63. The second-order valence-electron chi connectivity index (χ2n) is 6.26. The molecular formula is C17H25ClIN3O3. The van der Waals surface area contributed by atoms with Crippen LogP contribution in [-0.4, -0.2) is 38.0 Å². The number of aliphatic imine (C=N–C) groups is 1. The van der Waals surface area contributed by atoms with E-state index in [1.807, 2.05) is 19.1 Å². The average Bonchev–Trinajstić information content (AvgIpc) is 3.20. The van der Waals surface area contributed by atoms with Gasteiger partial charge in [-0.05, 0) is 44.4 Å². The van der Waals surface area contributed by atoms with Crippen LogP contribution in [-0.2, 0) is 11.3 Å². The van der Waals surface area contributed by atoms with Crippen LogP contribution in [0.3, 0.4) is 0 Å². The minimum absolute atomic E-state index is 0. The molecule has 8 heteroatoms. The Balaban J connectivity index is 0.00000225. The maximum atomic E-state index is 6.22. The van der Waals surface area contributed by atoms with E-state index in [2.05, 4.69) is 22.5 Å². The van der Waals surface area contributed by atoms with E-state index in [0.717, 1.165) is 44.1 Å². The molecule has 3 rings (SSSR count). The highest BCUT2D eigenvalue weighted by Gasteiger charge is 2.29. The molecule has 0 spiro atoms. The minimum atomic E-state index is -0.113. The Morgan fingerprint density at radius 3 is 2.88 bits per heavy atom. The van der Waals surface area contributed by atoms with Gasteiger partial charge in [-0.2, -0.15) is 0 Å². The van der Waals surface area contributed by atoms with Crippen molar-refractivity contribution in [3.05, 3.63) is 22.7 Å². The van der Waals surface area contributed by atoms with Crippen molar-refractivity contribution < 1.29 is 14.2 Å². The number of nitrogens with zero attached hydrogens (tertiary/aromatic N) is 1. The third kappa shape index (κ3) is 5.27. The van der Waals surface area contributed by atoms with Crippen molar-refractivity contribution in [2.45, 2.75) is 38.8 Å². The predicted octanol–water partition coefficient (Wildman–Crippen LogP) is 3.31. The molecular weight excluding hydrogens is 457 g/mol. The molecule has 1 saturated heterocycles. The SMILES string of the molecule is CCNC(=NCc1cc(Cl)c2c(c1)OCO2)NCC1(C)CCCO1.I. The average molecular weight is 482 g/mol. The predicted molar refractivity (Wildman–Crippen MR) is 109 cm³/mol. The van der Waals surface area contributed by atoms with Crippen LogP contribution in [0.15, 0.2) is 17.1 Å². The summed E-state index contributed by atoms with van der Waals surface area (Å²) in [7, 11) is 0. The van der Waals surface area contributed by atoms with Crippen molar-refractivity contribution in [1.29, 1.82) is 0 Å². The van der Waals surface area contributed by atoms with Gasteiger partial charge in [0.25, 0.3) is 0 Å². The number of ether oxygens (including phenoxy) is 3. The number of nitrogens with one attached hydrogen (secondary N) is 2. The number of rotatable bonds is 5. The lowest BCUT2D eigenvalue weighted by molar-refractivity contribution is 0.0243. The topological polar surface area (TPSA) is 64.1 Å². The van der Waals surface area contributed by atoms with Gasteiger partial charge in [0.15, 0.2) is 17.5 Å². The Labute approximate surface area is 170 Å². The first-order valence-electron chi connectivity index (χ1n) is 8.34. The van der Waals surface area contributed by atoms with Crippen LogP contribution in [0.25, 0.3) is 0 Å². The Morgan fingerprint density at radius 1 is 1.32 bits per heavy atom. The molecule has 1 aromatic rings. The number of halogens is 2. The summed E-state index contributed by atoms with van der Waals surface area (Å²) in [6, 6.07) is 3.78. The van der Waals surface area contributed by atoms with Gasteiger partial charge in [0.05, 0.1) is 17.2 Å². The van der Waals surface area contributed by atoms with E-state index in [1.165, 1.54) is 0 Å². The van der Waals surface area contributed by atoms with Gasteiger partial charge in [-0.25, -0.2) is 4.99 Å². The van der Waals surface area contributed by atoms with Crippen LogP contribution < -0.4 is 20.1 Å². The van der Waals surface area contributed by atoms with Crippen LogP contribution in [0.5, 0.6) is 11.5 Å². The summed E-state index contributed by atoms with van der Waals surface area (Å²) in [5.74, 6) is 2.06. The monoisotopic (exact) mass is 481 g/mol. The van der Waals surface area contributed by atoms with Gasteiger partial charge in [0.1, 0.15) is 0 Å². The molecule has 6 nitrogen and oxygen atoms in total. The van der Waals surface area contributed by atoms with Crippen molar-refractivity contribution in [3.8, 4) is 11.5 Å². The zero-order valence-corrected chi connectivity index (χ0v) is 17.6. The molecule has 2 N–H and O–H groups in total. The van der Waals surface area contributed by atoms with Gasteiger partial charge in [-0.1, -0.05) is 11.6 Å². The molecule has 0 amide bonds. The van der Waals surface area contributed by atoms with Crippen molar-refractivity contribution in [1.82, 2.24) is 10.6 Å². The first-order chi connectivity index (χ1) is 11.6. The van der Waals surface area contributed by atoms with Gasteiger partial charge >= 0.3 is 0 Å². The summed E-state index contributed by atoms with van der Waals surface area (Å²) in [6.07, 6.45) is 2.18. The minimum Gasteiger partial charge on any atom is -0.454 e. The lowest BCUT2D eigenvalue weighted by Gasteiger charge is -2.24. The summed E-state index contributed by atoms with van der Waals surface area (Å²) < 4.78 is 16.5. The maximum Gasteiger partial charge on any atom is 0.231 e. The summed E-state index contributed by atoms with van der Waals surface area (Å²) in [5.41, 5.74) is 0.864. The summed E-state index contributed by atoms with van der Waals surface area (Å²) in [6.45, 7) is 7.26. The fourth-order valence-corrected chi connectivity index (χ4v) is 3.16. The number of hydrogen-bond acceptors (Lipinski definition) is 4. The molecule has 1 aromatic carbocycles. The third-order valence-electron chi connectivity index (χ3n) is 4.18. The molecule has 1 unspecified atom stereocenters. The standard InChI is InChI=1S/C17H24ClN3O3.HI/c1-3-19-16(21-10-17(2)5-4-6-24-17)20-9-12-7-13(18)15-14(8-12)22-11-23-15;/h7-8H,3-6,9-11H2,1-2H3,(H2,19,20,21);1H. The first kappa shape index (κ1) is 20.4. The number of guanidine groups is 1. The van der Waals surface area contributed by atoms with Gasteiger partial charge in [0.2, 0.25) is 6.79 Å². The third-order valence-corrected chi connectivity index (χ3v) is 4.46. The fourth-order valence-electron chi connectivity index (χ4n) is 2.87. The molecule has 25 heavy (non-hydrogen) atoms. The van der Waals surface area contributed by atoms with E-state index < -0.39 is 0 Å². The van der Waals surface area contributed by atoms with Crippen LogP contribution in [0.2, 0.25) is 5.02 Å². The molecule has 1 atom stereocenters. The quantitative estimate of drug-likeness (QED) is 0.384. The second-order valence-corrected chi connectivity index (χ2v) is 6.67. The van der Waals surface area contributed by atoms with E-state index in [-0.39, 0.29) is 36.4 Å². The number of benzene rings is 1. The lowest BCUT2D eigenvalue weighted by atomic mass is 10.0. The highest BCUT2D eigenvalue weighted by Crippen LogP contribution is 2.39. The Hall–Kier alpha value is -0.930. The van der Waals surface area contributed by atoms with E-state index >= 15 is 0 Å². The van der Waals surface area contributed by atoms with Gasteiger partial charge in [-0.15, -0.1) is 24.0 Å². The van der Waals surface area contributed by atoms with E-state index in [1.54, 1.807) is 0 Å². The normalized spacial score (nSPS) is 21.8. The molecule has 1 fully saturated rings. The first-order valence-corrected chi connectivity index (χ1v) is 8.71. The zero-order chi connectivity index (χ0) is 17.0. The number of hydrogen-bond donors (Lipinski definition) is 2. The van der Waals surface area contributed by atoms with Crippen LogP contribution >= 0.6 is 35.6 Å². The van der Waals surface area contributed by atoms with Crippen LogP contribution in [0.4, 0.5) is 0 Å². The molecule has 140 valence electrons. The molecule has 0 radical (unpaired) electrons. The Bertz CT molecular complexity index is 621. The van der Waals surface area contributed by atoms with Crippen LogP contribution in [0, 0.1) is 0 Å². The zero-order valence-electron chi connectivity index (χ0n) is 14.6. The van der Waals surface area contributed by atoms with E-state index in [0.29, 0.717) is 23.1 Å². The maximum absolute atomic E-state index is 6.22. The van der Waals surface area contributed by atoms with Crippen molar-refractivity contribution >= 4 is 41.5 Å². The molecule has 0 aliphatic carbocycles. The Morgan fingerprint density at radius 2 is 2.16 bits per heavy atom. The van der Waals surface area contributed by atoms with Gasteiger partial charge in [0, 0.05) is 19.7 Å². The van der Waals surface area contributed by atoms with Crippen LogP contribution in [0.1, 0.15) is 32.3 Å². The molecule has 2 heterocycles. The van der Waals surface area contributed by atoms with E-state index in [4.69, 9.17) is 25.8 Å². The second kappa shape index (κ2) is 9.14. The molecule has 0 saturated carbocycles. The Kier molecular flexibility index (Phi) is 7.45. The highest BCUT2D eigenvalue weighted by atomic mass is 127. The molecule has 0 aromatic heterocycles. The molecule has 2 aliphatic rings. The summed E-state index contributed by atoms with van der Waals surface area (Å²) >= 11 is 6.22. The van der Waals surface area contributed by atoms with Gasteiger partial charge in [-0.3, -0.25) is 0 Å². The molecule has 2 aliphatic heterocycles. The lowest BCUT2D eigenvalue weighted by Crippen LogP contribution is -2.45. The van der Waals surface area contributed by atoms with E-state index in [9.17, 15) is 0 Å².